The molecule has 0 fully saturated rings. The standard InChI is InChI=1S/C19H21N3O3S/c1-14-12-18(8-9-19(14)25-3)26(23,24)21-13-16-4-6-17(7-5-16)22-11-10-20-15(22)2/h4-12,21H,13H2,1-3H3. The van der Waals surface area contributed by atoms with E-state index < -0.39 is 10.0 Å². The minimum Gasteiger partial charge on any atom is -0.496 e. The molecule has 0 aliphatic heterocycles. The summed E-state index contributed by atoms with van der Waals surface area (Å²) in [5.74, 6) is 1.56. The second kappa shape index (κ2) is 7.31. The van der Waals surface area contributed by atoms with Crippen molar-refractivity contribution in [3.8, 4) is 11.4 Å². The first-order chi connectivity index (χ1) is 12.4. The summed E-state index contributed by atoms with van der Waals surface area (Å²) in [6.07, 6.45) is 3.63. The number of nitrogens with one attached hydrogen (secondary N) is 1. The lowest BCUT2D eigenvalue weighted by Gasteiger charge is -2.10. The van der Waals surface area contributed by atoms with Crippen LogP contribution in [0.1, 0.15) is 17.0 Å². The zero-order valence-corrected chi connectivity index (χ0v) is 15.7. The molecule has 0 bridgehead atoms. The van der Waals surface area contributed by atoms with Crippen LogP contribution in [0.5, 0.6) is 5.75 Å². The van der Waals surface area contributed by atoms with Gasteiger partial charge in [-0.2, -0.15) is 0 Å². The molecular weight excluding hydrogens is 350 g/mol. The van der Waals surface area contributed by atoms with E-state index in [1.165, 1.54) is 0 Å². The second-order valence-electron chi connectivity index (χ2n) is 5.97. The molecule has 0 saturated carbocycles. The number of benzene rings is 2. The van der Waals surface area contributed by atoms with Crippen molar-refractivity contribution in [2.45, 2.75) is 25.3 Å². The summed E-state index contributed by atoms with van der Waals surface area (Å²) in [5, 5.41) is 0. The van der Waals surface area contributed by atoms with E-state index in [1.54, 1.807) is 31.5 Å². The van der Waals surface area contributed by atoms with E-state index in [-0.39, 0.29) is 11.4 Å². The Morgan fingerprint density at radius 1 is 1.12 bits per heavy atom. The first-order valence-electron chi connectivity index (χ1n) is 8.14. The van der Waals surface area contributed by atoms with E-state index in [2.05, 4.69) is 9.71 Å². The van der Waals surface area contributed by atoms with Crippen molar-refractivity contribution in [3.63, 3.8) is 0 Å². The van der Waals surface area contributed by atoms with Crippen molar-refractivity contribution in [2.24, 2.45) is 0 Å². The molecule has 1 N–H and O–H groups in total. The first-order valence-corrected chi connectivity index (χ1v) is 9.62. The summed E-state index contributed by atoms with van der Waals surface area (Å²) in [7, 11) is -2.03. The molecule has 26 heavy (non-hydrogen) atoms. The van der Waals surface area contributed by atoms with Crippen molar-refractivity contribution < 1.29 is 13.2 Å². The Hall–Kier alpha value is -2.64. The largest absolute Gasteiger partial charge is 0.496 e. The molecule has 136 valence electrons. The van der Waals surface area contributed by atoms with E-state index in [0.29, 0.717) is 5.75 Å². The quantitative estimate of drug-likeness (QED) is 0.723. The van der Waals surface area contributed by atoms with Gasteiger partial charge in [0.25, 0.3) is 0 Å². The van der Waals surface area contributed by atoms with Gasteiger partial charge in [0.1, 0.15) is 11.6 Å². The molecule has 0 aliphatic carbocycles. The molecule has 6 nitrogen and oxygen atoms in total. The van der Waals surface area contributed by atoms with Gasteiger partial charge in [-0.1, -0.05) is 12.1 Å². The Morgan fingerprint density at radius 3 is 2.42 bits per heavy atom. The Balaban J connectivity index is 1.72. The maximum Gasteiger partial charge on any atom is 0.240 e. The van der Waals surface area contributed by atoms with Crippen molar-refractivity contribution in [3.05, 3.63) is 71.8 Å². The number of aromatic nitrogens is 2. The number of hydrogen-bond acceptors (Lipinski definition) is 4. The molecule has 0 radical (unpaired) electrons. The number of nitrogens with zero attached hydrogens (tertiary/aromatic N) is 2. The van der Waals surface area contributed by atoms with Crippen LogP contribution in [0.25, 0.3) is 5.69 Å². The third kappa shape index (κ3) is 3.79. The van der Waals surface area contributed by atoms with Crippen molar-refractivity contribution >= 4 is 10.0 Å². The zero-order chi connectivity index (χ0) is 18.7. The fraction of sp³-hybridized carbons (Fsp3) is 0.211. The summed E-state index contributed by atoms with van der Waals surface area (Å²) in [6, 6.07) is 12.5. The lowest BCUT2D eigenvalue weighted by molar-refractivity contribution is 0.411. The van der Waals surface area contributed by atoms with E-state index in [4.69, 9.17) is 4.74 Å². The Labute approximate surface area is 153 Å². The van der Waals surface area contributed by atoms with Gasteiger partial charge in [0.05, 0.1) is 12.0 Å². The third-order valence-corrected chi connectivity index (χ3v) is 5.58. The fourth-order valence-electron chi connectivity index (χ4n) is 2.70. The molecule has 7 heteroatoms. The number of sulfonamides is 1. The number of ether oxygens (including phenoxy) is 1. The van der Waals surface area contributed by atoms with Crippen LogP contribution in [0, 0.1) is 13.8 Å². The van der Waals surface area contributed by atoms with Crippen molar-refractivity contribution in [1.29, 1.82) is 0 Å². The number of aryl methyl sites for hydroxylation is 2. The highest BCUT2D eigenvalue weighted by Crippen LogP contribution is 2.21. The van der Waals surface area contributed by atoms with E-state index in [9.17, 15) is 8.42 Å². The number of hydrogen-bond donors (Lipinski definition) is 1. The molecule has 1 aromatic heterocycles. The van der Waals surface area contributed by atoms with Crippen LogP contribution >= 0.6 is 0 Å². The van der Waals surface area contributed by atoms with Crippen molar-refractivity contribution in [1.82, 2.24) is 14.3 Å². The molecule has 2 aromatic carbocycles. The first kappa shape index (κ1) is 18.2. The molecule has 0 atom stereocenters. The van der Waals surface area contributed by atoms with Crippen LogP contribution in [-0.4, -0.2) is 25.1 Å². The normalized spacial score (nSPS) is 11.5. The van der Waals surface area contributed by atoms with Gasteiger partial charge in [0.2, 0.25) is 10.0 Å². The van der Waals surface area contributed by atoms with Gasteiger partial charge in [-0.25, -0.2) is 18.1 Å². The van der Waals surface area contributed by atoms with Crippen molar-refractivity contribution in [2.75, 3.05) is 7.11 Å². The molecule has 0 amide bonds. The van der Waals surface area contributed by atoms with Crippen LogP contribution in [0.4, 0.5) is 0 Å². The minimum atomic E-state index is -3.59. The highest BCUT2D eigenvalue weighted by atomic mass is 32.2. The lowest BCUT2D eigenvalue weighted by atomic mass is 10.2. The van der Waals surface area contributed by atoms with Crippen LogP contribution in [0.2, 0.25) is 0 Å². The average Bonchev–Trinajstić information content (AvgIpc) is 3.06. The maximum atomic E-state index is 12.5. The van der Waals surface area contributed by atoms with E-state index in [1.807, 2.05) is 48.9 Å². The lowest BCUT2D eigenvalue weighted by Crippen LogP contribution is -2.23. The Morgan fingerprint density at radius 2 is 1.85 bits per heavy atom. The molecule has 0 aliphatic rings. The van der Waals surface area contributed by atoms with Crippen LogP contribution < -0.4 is 9.46 Å². The number of imidazole rings is 1. The van der Waals surface area contributed by atoms with Gasteiger partial charge in [-0.05, 0) is 55.3 Å². The summed E-state index contributed by atoms with van der Waals surface area (Å²) in [6.45, 7) is 3.96. The topological polar surface area (TPSA) is 73.2 Å². The van der Waals surface area contributed by atoms with E-state index >= 15 is 0 Å². The van der Waals surface area contributed by atoms with Gasteiger partial charge >= 0.3 is 0 Å². The Kier molecular flexibility index (Phi) is 5.11. The summed E-state index contributed by atoms with van der Waals surface area (Å²) < 4.78 is 34.8. The van der Waals surface area contributed by atoms with Crippen LogP contribution in [-0.2, 0) is 16.6 Å². The molecule has 0 spiro atoms. The summed E-state index contributed by atoms with van der Waals surface area (Å²) in [5.41, 5.74) is 2.63. The number of rotatable bonds is 6. The molecule has 0 saturated heterocycles. The molecule has 0 unspecified atom stereocenters. The smallest absolute Gasteiger partial charge is 0.240 e. The minimum absolute atomic E-state index is 0.219. The monoisotopic (exact) mass is 371 g/mol. The fourth-order valence-corrected chi connectivity index (χ4v) is 3.81. The predicted molar refractivity (Wildman–Crippen MR) is 100 cm³/mol. The van der Waals surface area contributed by atoms with Gasteiger partial charge in [0.15, 0.2) is 0 Å². The summed E-state index contributed by atoms with van der Waals surface area (Å²) in [4.78, 5) is 4.42. The molecule has 3 aromatic rings. The van der Waals surface area contributed by atoms with Crippen LogP contribution in [0.15, 0.2) is 59.8 Å². The third-order valence-electron chi connectivity index (χ3n) is 4.18. The SMILES string of the molecule is COc1ccc(S(=O)(=O)NCc2ccc(-n3ccnc3C)cc2)cc1C. The zero-order valence-electron chi connectivity index (χ0n) is 14.9. The number of methoxy groups -OCH3 is 1. The Bertz CT molecular complexity index is 1010. The van der Waals surface area contributed by atoms with E-state index in [0.717, 1.165) is 22.6 Å². The molecular formula is C19H21N3O3S. The average molecular weight is 371 g/mol. The van der Waals surface area contributed by atoms with Crippen LogP contribution in [0.3, 0.4) is 0 Å². The second-order valence-corrected chi connectivity index (χ2v) is 7.73. The van der Waals surface area contributed by atoms with Gasteiger partial charge in [0, 0.05) is 24.6 Å². The molecule has 1 heterocycles. The predicted octanol–water partition coefficient (Wildman–Crippen LogP) is 2.98. The van der Waals surface area contributed by atoms with Gasteiger partial charge in [-0.3, -0.25) is 0 Å². The van der Waals surface area contributed by atoms with Gasteiger partial charge in [-0.15, -0.1) is 0 Å². The highest BCUT2D eigenvalue weighted by molar-refractivity contribution is 7.89. The van der Waals surface area contributed by atoms with Gasteiger partial charge < -0.3 is 9.30 Å². The maximum absolute atomic E-state index is 12.5. The highest BCUT2D eigenvalue weighted by Gasteiger charge is 2.15. The summed E-state index contributed by atoms with van der Waals surface area (Å²) >= 11 is 0. The molecule has 3 rings (SSSR count).